The Bertz CT molecular complexity index is 1550. The van der Waals surface area contributed by atoms with Crippen molar-refractivity contribution in [1.82, 2.24) is 4.98 Å². The maximum Gasteiger partial charge on any atom is 0.422 e. The molecule has 0 spiro atoms. The van der Waals surface area contributed by atoms with Crippen LogP contribution in [0.1, 0.15) is 79.5 Å². The van der Waals surface area contributed by atoms with Crippen molar-refractivity contribution in [2.24, 2.45) is 5.92 Å². The molecule has 1 aliphatic carbocycles. The maximum absolute atomic E-state index is 16.0. The number of aryl methyl sites for hydroxylation is 2. The van der Waals surface area contributed by atoms with Crippen LogP contribution in [0.4, 0.5) is 22.0 Å². The van der Waals surface area contributed by atoms with Crippen LogP contribution in [0, 0.1) is 24.5 Å². The minimum Gasteiger partial charge on any atom is -0.451 e. The van der Waals surface area contributed by atoms with Crippen LogP contribution in [0.25, 0.3) is 11.3 Å². The van der Waals surface area contributed by atoms with E-state index in [-0.39, 0.29) is 11.1 Å². The first-order valence-electron chi connectivity index (χ1n) is 13.9. The minimum atomic E-state index is -5.20. The predicted molar refractivity (Wildman–Crippen MR) is 134 cm³/mol. The van der Waals surface area contributed by atoms with Gasteiger partial charge in [0, 0.05) is 25.5 Å². The van der Waals surface area contributed by atoms with Gasteiger partial charge in [-0.2, -0.15) is 17.7 Å². The van der Waals surface area contributed by atoms with E-state index in [2.05, 4.69) is 11.9 Å². The number of alkyl halides is 3. The third-order valence-corrected chi connectivity index (χ3v) is 9.64. The number of halogens is 5. The lowest BCUT2D eigenvalue weighted by Gasteiger charge is -2.28. The van der Waals surface area contributed by atoms with E-state index in [4.69, 9.17) is 4.74 Å². The molecule has 1 saturated carbocycles. The van der Waals surface area contributed by atoms with E-state index in [0.29, 0.717) is 30.8 Å². The summed E-state index contributed by atoms with van der Waals surface area (Å²) in [6.07, 6.45) is 1.63. The van der Waals surface area contributed by atoms with Crippen molar-refractivity contribution >= 4 is 5.97 Å². The molecule has 3 aromatic rings. The van der Waals surface area contributed by atoms with Gasteiger partial charge in [-0.05, 0) is 37.0 Å². The molecule has 0 amide bonds. The molecule has 4 atom stereocenters. The van der Waals surface area contributed by atoms with Crippen molar-refractivity contribution in [3.63, 3.8) is 0 Å². The lowest BCUT2D eigenvalue weighted by Crippen LogP contribution is -2.57. The second-order valence-electron chi connectivity index (χ2n) is 11.5. The number of ether oxygens (including phenoxy) is 1. The maximum atomic E-state index is 16.0. The molecule has 2 aliphatic heterocycles. The van der Waals surface area contributed by atoms with Crippen LogP contribution in [0.15, 0.2) is 30.6 Å². The van der Waals surface area contributed by atoms with E-state index < -0.39 is 52.3 Å². The fourth-order valence-electron chi connectivity index (χ4n) is 7.81. The Labute approximate surface area is 229 Å². The summed E-state index contributed by atoms with van der Waals surface area (Å²) in [5.74, 6) is -3.42. The molecule has 10 heteroatoms. The number of unbranched alkanes of at least 4 members (excludes halogenated alkanes) is 2. The van der Waals surface area contributed by atoms with Crippen molar-refractivity contribution in [3.8, 4) is 11.3 Å². The first-order chi connectivity index (χ1) is 18.9. The van der Waals surface area contributed by atoms with Gasteiger partial charge in [0.1, 0.15) is 24.1 Å². The van der Waals surface area contributed by atoms with Crippen LogP contribution >= 0.6 is 0 Å². The molecule has 3 aliphatic rings. The van der Waals surface area contributed by atoms with Crippen molar-refractivity contribution in [2.45, 2.75) is 89.6 Å². The Morgan fingerprint density at radius 1 is 1.15 bits per heavy atom. The van der Waals surface area contributed by atoms with E-state index in [1.165, 1.54) is 0 Å². The standard InChI is InChI=1S/C30H31F5N3O2/c1-5-7-8-9-17-10-11-38-20(12-17)23-18(13-19(31)24(25(23)32)30(33,34)35)28(4)26(29(28,38)6-2)22-15-37-16(3)36-14-21(37)27(39)40-22/h10-14,22,26H,5-9,15H2,1-4H3/q+1/p+1. The Balaban J connectivity index is 1.58. The van der Waals surface area contributed by atoms with E-state index in [9.17, 15) is 18.0 Å². The number of pyridine rings is 1. The van der Waals surface area contributed by atoms with Gasteiger partial charge in [0.05, 0.1) is 16.9 Å². The molecule has 4 heterocycles. The highest BCUT2D eigenvalue weighted by atomic mass is 19.4. The van der Waals surface area contributed by atoms with Crippen LogP contribution in [-0.4, -0.2) is 17.1 Å². The Morgan fingerprint density at radius 3 is 2.58 bits per heavy atom. The van der Waals surface area contributed by atoms with Gasteiger partial charge in [0.15, 0.2) is 23.7 Å². The number of hydrogen-bond acceptors (Lipinski definition) is 2. The lowest BCUT2D eigenvalue weighted by molar-refractivity contribution is -0.743. The Kier molecular flexibility index (Phi) is 5.95. The number of aromatic nitrogens is 3. The highest BCUT2D eigenvalue weighted by molar-refractivity contribution is 5.86. The molecular formula is C30H32F5N3O2+2. The average molecular weight is 562 g/mol. The molecule has 6 rings (SSSR count). The fraction of sp³-hybridized carbons (Fsp3) is 0.500. The van der Waals surface area contributed by atoms with Crippen LogP contribution in [0.2, 0.25) is 0 Å². The first kappa shape index (κ1) is 26.9. The average Bonchev–Trinajstić information content (AvgIpc) is 3.27. The third-order valence-electron chi connectivity index (χ3n) is 9.64. The number of nitrogens with zero attached hydrogens (tertiary/aromatic N) is 2. The van der Waals surface area contributed by atoms with Crippen molar-refractivity contribution < 1.29 is 40.6 Å². The number of carbonyl (C=O) groups is 1. The van der Waals surface area contributed by atoms with E-state index in [1.54, 1.807) is 12.3 Å². The summed E-state index contributed by atoms with van der Waals surface area (Å²) in [5, 5.41) is 0. The smallest absolute Gasteiger partial charge is 0.422 e. The summed E-state index contributed by atoms with van der Waals surface area (Å²) in [5.41, 5.74) is -2.12. The molecule has 1 N–H and O–H groups in total. The highest BCUT2D eigenvalue weighted by Crippen LogP contribution is 2.72. The van der Waals surface area contributed by atoms with E-state index in [0.717, 1.165) is 36.7 Å². The molecule has 5 nitrogen and oxygen atoms in total. The summed E-state index contributed by atoms with van der Waals surface area (Å²) >= 11 is 0. The highest BCUT2D eigenvalue weighted by Gasteiger charge is 2.86. The number of nitrogens with one attached hydrogen (secondary N) is 1. The number of cyclic esters (lactones) is 1. The quantitative estimate of drug-likeness (QED) is 0.178. The van der Waals surface area contributed by atoms with Crippen molar-refractivity contribution in [1.29, 1.82) is 0 Å². The minimum absolute atomic E-state index is 0.186. The van der Waals surface area contributed by atoms with Gasteiger partial charge in [-0.25, -0.2) is 23.1 Å². The topological polar surface area (TPSA) is 49.8 Å². The molecule has 2 aromatic heterocycles. The zero-order valence-corrected chi connectivity index (χ0v) is 22.9. The van der Waals surface area contributed by atoms with Crippen LogP contribution in [0.5, 0.6) is 0 Å². The second-order valence-corrected chi connectivity index (χ2v) is 11.5. The van der Waals surface area contributed by atoms with Crippen LogP contribution < -0.4 is 9.13 Å². The third kappa shape index (κ3) is 3.40. The van der Waals surface area contributed by atoms with Gasteiger partial charge >= 0.3 is 12.1 Å². The van der Waals surface area contributed by atoms with Crippen LogP contribution in [0.3, 0.4) is 0 Å². The summed E-state index contributed by atoms with van der Waals surface area (Å²) in [6.45, 7) is 8.02. The number of fused-ring (bicyclic) bond motifs is 7. The van der Waals surface area contributed by atoms with Crippen molar-refractivity contribution in [3.05, 3.63) is 70.4 Å². The van der Waals surface area contributed by atoms with Gasteiger partial charge in [0.25, 0.3) is 11.5 Å². The molecule has 40 heavy (non-hydrogen) atoms. The largest absolute Gasteiger partial charge is 0.451 e. The molecule has 0 saturated heterocycles. The molecular weight excluding hydrogens is 529 g/mol. The first-order valence-corrected chi connectivity index (χ1v) is 13.9. The molecule has 1 aromatic carbocycles. The summed E-state index contributed by atoms with van der Waals surface area (Å²) < 4.78 is 82.5. The molecule has 0 bridgehead atoms. The number of esters is 1. The van der Waals surface area contributed by atoms with Crippen molar-refractivity contribution in [2.75, 3.05) is 0 Å². The summed E-state index contributed by atoms with van der Waals surface area (Å²) in [4.78, 5) is 16.0. The number of H-pyrrole nitrogens is 1. The summed E-state index contributed by atoms with van der Waals surface area (Å²) in [7, 11) is 0. The molecule has 212 valence electrons. The molecule has 0 radical (unpaired) electrons. The number of benzene rings is 1. The Hall–Kier alpha value is -3.30. The van der Waals surface area contributed by atoms with Gasteiger partial charge < -0.3 is 4.74 Å². The number of rotatable bonds is 6. The number of carbonyl (C=O) groups excluding carboxylic acids is 1. The molecule has 1 fully saturated rings. The SMILES string of the molecule is CCCCCc1cc[n+]2c(c1)-c1c(cc(F)c(C(F)(F)F)c1F)C1(C)C(C3C[n+]4c(c[nH]c4C)C(=O)O3)C21CC. The fourth-order valence-corrected chi connectivity index (χ4v) is 7.81. The number of aromatic amines is 1. The van der Waals surface area contributed by atoms with Gasteiger partial charge in [0.2, 0.25) is 5.69 Å². The zero-order valence-electron chi connectivity index (χ0n) is 22.9. The van der Waals surface area contributed by atoms with Gasteiger partial charge in [-0.1, -0.05) is 26.7 Å². The summed E-state index contributed by atoms with van der Waals surface area (Å²) in [6, 6.07) is 4.54. The number of imidazole rings is 1. The van der Waals surface area contributed by atoms with E-state index in [1.807, 2.05) is 42.2 Å². The van der Waals surface area contributed by atoms with E-state index >= 15 is 8.78 Å². The Morgan fingerprint density at radius 2 is 1.90 bits per heavy atom. The van der Waals surface area contributed by atoms with Gasteiger partial charge in [-0.15, -0.1) is 0 Å². The van der Waals surface area contributed by atoms with Crippen LogP contribution in [-0.2, 0) is 34.8 Å². The lowest BCUT2D eigenvalue weighted by atomic mass is 9.80. The number of hydrogen-bond donors (Lipinski definition) is 1. The predicted octanol–water partition coefficient (Wildman–Crippen LogP) is 5.84. The molecule has 4 unspecified atom stereocenters. The van der Waals surface area contributed by atoms with Gasteiger partial charge in [-0.3, -0.25) is 0 Å². The zero-order chi connectivity index (χ0) is 28.8. The normalized spacial score (nSPS) is 26.5. The second kappa shape index (κ2) is 8.85. The monoisotopic (exact) mass is 561 g/mol.